The van der Waals surface area contributed by atoms with Gasteiger partial charge in [0.2, 0.25) is 0 Å². The van der Waals surface area contributed by atoms with Gasteiger partial charge in [-0.05, 0) is 0 Å². The van der Waals surface area contributed by atoms with Crippen LogP contribution in [0.4, 0.5) is 4.79 Å². The summed E-state index contributed by atoms with van der Waals surface area (Å²) in [5.74, 6) is 0. The Hall–Kier alpha value is -2.07. The van der Waals surface area contributed by atoms with Crippen LogP contribution in [-0.4, -0.2) is 41.3 Å². The van der Waals surface area contributed by atoms with Gasteiger partial charge in [-0.25, -0.2) is 0 Å². The van der Waals surface area contributed by atoms with E-state index in [1.54, 1.807) is 4.90 Å². The van der Waals surface area contributed by atoms with Crippen molar-refractivity contribution < 1.29 is 4.79 Å². The second-order valence-electron chi connectivity index (χ2n) is 6.05. The van der Waals surface area contributed by atoms with E-state index in [1.807, 2.05) is 68.7 Å². The summed E-state index contributed by atoms with van der Waals surface area (Å²) in [5, 5.41) is 0. The number of nitrogens with zero attached hydrogens (tertiary/aromatic N) is 1. The van der Waals surface area contributed by atoms with E-state index in [1.165, 1.54) is 10.7 Å². The molecule has 24 heavy (non-hydrogen) atoms. The monoisotopic (exact) mass is 423 g/mol. The van der Waals surface area contributed by atoms with E-state index in [2.05, 4.69) is 36.4 Å². The molecule has 0 atom stereocenters. The minimum atomic E-state index is -3.80. The van der Waals surface area contributed by atoms with Crippen LogP contribution < -0.4 is 10.7 Å². The summed E-state index contributed by atoms with van der Waals surface area (Å²) in [7, 11) is 3.73. The SMILES string of the molecule is CN(C)[C](=O)[Sn]([c]1ccccc1)([c]1ccccc1)[c]1ccccc1. The molecule has 0 saturated carbocycles. The average Bonchev–Trinajstić information content (AvgIpc) is 2.65. The topological polar surface area (TPSA) is 20.3 Å². The van der Waals surface area contributed by atoms with Crippen molar-refractivity contribution in [2.24, 2.45) is 0 Å². The van der Waals surface area contributed by atoms with Crippen molar-refractivity contribution in [2.75, 3.05) is 14.1 Å². The molecule has 3 heteroatoms. The molecule has 0 aliphatic rings. The molecule has 0 unspecified atom stereocenters. The Kier molecular flexibility index (Phi) is 5.05. The molecule has 3 rings (SSSR count). The van der Waals surface area contributed by atoms with Gasteiger partial charge in [0.15, 0.2) is 0 Å². The van der Waals surface area contributed by atoms with Gasteiger partial charge >= 0.3 is 148 Å². The maximum atomic E-state index is 13.6. The maximum absolute atomic E-state index is 13.6. The number of rotatable bonds is 4. The zero-order valence-electron chi connectivity index (χ0n) is 14.0. The molecule has 0 spiro atoms. The van der Waals surface area contributed by atoms with Gasteiger partial charge in [0.1, 0.15) is 0 Å². The van der Waals surface area contributed by atoms with E-state index < -0.39 is 18.4 Å². The van der Waals surface area contributed by atoms with Crippen LogP contribution >= 0.6 is 0 Å². The number of hydrogen-bond acceptors (Lipinski definition) is 1. The quantitative estimate of drug-likeness (QED) is 0.592. The van der Waals surface area contributed by atoms with Crippen molar-refractivity contribution in [3.8, 4) is 0 Å². The van der Waals surface area contributed by atoms with Gasteiger partial charge in [-0.2, -0.15) is 0 Å². The Morgan fingerprint density at radius 2 is 0.917 bits per heavy atom. The molecular weight excluding hydrogens is 401 g/mol. The standard InChI is InChI=1S/3C6H5.C3H6NO.Sn/c3*1-2-4-6-5-3-1;1-4(2)3-5;/h3*1-5H;1-2H3;. The predicted molar refractivity (Wildman–Crippen MR) is 103 cm³/mol. The second kappa shape index (κ2) is 7.22. The molecule has 0 heterocycles. The predicted octanol–water partition coefficient (Wildman–Crippen LogP) is 2.42. The summed E-state index contributed by atoms with van der Waals surface area (Å²) in [4.78, 5) is 15.4. The fourth-order valence-corrected chi connectivity index (χ4v) is 16.1. The molecule has 3 aromatic rings. The number of amides is 1. The molecule has 1 amide bonds. The molecule has 120 valence electrons. The molecule has 2 nitrogen and oxygen atoms in total. The summed E-state index contributed by atoms with van der Waals surface area (Å²) in [6.07, 6.45) is 0. The molecule has 0 aliphatic carbocycles. The van der Waals surface area contributed by atoms with E-state index in [4.69, 9.17) is 0 Å². The third-order valence-corrected chi connectivity index (χ3v) is 17.7. The van der Waals surface area contributed by atoms with Crippen molar-refractivity contribution in [3.63, 3.8) is 0 Å². The van der Waals surface area contributed by atoms with Crippen molar-refractivity contribution in [3.05, 3.63) is 91.0 Å². The molecular formula is C21H21NOSn. The Balaban J connectivity index is 2.40. The zero-order chi connectivity index (χ0) is 17.0. The summed E-state index contributed by atoms with van der Waals surface area (Å²) < 4.78 is 3.81. The minimum absolute atomic E-state index is 0.257. The van der Waals surface area contributed by atoms with Crippen molar-refractivity contribution in [1.82, 2.24) is 4.90 Å². The first-order valence-electron chi connectivity index (χ1n) is 8.05. The molecule has 0 aliphatic heterocycles. The van der Waals surface area contributed by atoms with Gasteiger partial charge in [-0.1, -0.05) is 0 Å². The first-order chi connectivity index (χ1) is 11.7. The third-order valence-electron chi connectivity index (χ3n) is 4.35. The van der Waals surface area contributed by atoms with Gasteiger partial charge in [0, 0.05) is 0 Å². The van der Waals surface area contributed by atoms with Crippen LogP contribution in [0.5, 0.6) is 0 Å². The summed E-state index contributed by atoms with van der Waals surface area (Å²) in [6, 6.07) is 31.0. The molecule has 0 saturated heterocycles. The first-order valence-corrected chi connectivity index (χ1v) is 13.8. The Labute approximate surface area is 147 Å². The van der Waals surface area contributed by atoms with Crippen molar-refractivity contribution in [1.29, 1.82) is 0 Å². The molecule has 0 bridgehead atoms. The van der Waals surface area contributed by atoms with Gasteiger partial charge < -0.3 is 0 Å². The molecule has 0 N–H and O–H groups in total. The van der Waals surface area contributed by atoms with E-state index >= 15 is 0 Å². The van der Waals surface area contributed by atoms with Gasteiger partial charge in [0.25, 0.3) is 0 Å². The van der Waals surface area contributed by atoms with E-state index in [0.717, 1.165) is 0 Å². The van der Waals surface area contributed by atoms with Crippen LogP contribution in [0, 0.1) is 0 Å². The first kappa shape index (κ1) is 16.8. The number of carbonyl (C=O) groups is 1. The Morgan fingerprint density at radius 1 is 0.625 bits per heavy atom. The normalized spacial score (nSPS) is 11.1. The zero-order valence-corrected chi connectivity index (χ0v) is 16.9. The average molecular weight is 422 g/mol. The van der Waals surface area contributed by atoms with Crippen LogP contribution in [0.15, 0.2) is 91.0 Å². The molecule has 0 fully saturated rings. The van der Waals surface area contributed by atoms with Crippen molar-refractivity contribution in [2.45, 2.75) is 0 Å². The van der Waals surface area contributed by atoms with E-state index in [-0.39, 0.29) is 3.92 Å². The van der Waals surface area contributed by atoms with Gasteiger partial charge in [-0.3, -0.25) is 0 Å². The molecule has 3 aromatic carbocycles. The van der Waals surface area contributed by atoms with Crippen LogP contribution in [0.2, 0.25) is 0 Å². The summed E-state index contributed by atoms with van der Waals surface area (Å²) >= 11 is -3.80. The van der Waals surface area contributed by atoms with Crippen LogP contribution in [-0.2, 0) is 0 Å². The summed E-state index contributed by atoms with van der Waals surface area (Å²) in [6.45, 7) is 0. The number of benzene rings is 3. The summed E-state index contributed by atoms with van der Waals surface area (Å²) in [5.41, 5.74) is 0. The van der Waals surface area contributed by atoms with E-state index in [0.29, 0.717) is 0 Å². The Bertz CT molecular complexity index is 704. The van der Waals surface area contributed by atoms with Gasteiger partial charge in [-0.15, -0.1) is 0 Å². The van der Waals surface area contributed by atoms with Crippen LogP contribution in [0.3, 0.4) is 0 Å². The fourth-order valence-electron chi connectivity index (χ4n) is 3.27. The Morgan fingerprint density at radius 3 is 1.17 bits per heavy atom. The van der Waals surface area contributed by atoms with Crippen LogP contribution in [0.1, 0.15) is 0 Å². The molecule has 0 radical (unpaired) electrons. The number of hydrogen-bond donors (Lipinski definition) is 0. The third kappa shape index (κ3) is 2.86. The molecule has 0 aromatic heterocycles. The van der Waals surface area contributed by atoms with Crippen LogP contribution in [0.25, 0.3) is 0 Å². The fraction of sp³-hybridized carbons (Fsp3) is 0.0952. The second-order valence-corrected chi connectivity index (χ2v) is 16.5. The van der Waals surface area contributed by atoms with E-state index in [9.17, 15) is 4.79 Å². The number of carbonyl (C=O) groups excluding carboxylic acids is 1. The van der Waals surface area contributed by atoms with Gasteiger partial charge in [0.05, 0.1) is 0 Å². The van der Waals surface area contributed by atoms with Crippen molar-refractivity contribution >= 4 is 33.0 Å².